The molecule has 0 bridgehead atoms. The predicted octanol–water partition coefficient (Wildman–Crippen LogP) is 4.81. The largest absolute Gasteiger partial charge is 0.481 e. The zero-order chi connectivity index (χ0) is 23.3. The van der Waals surface area contributed by atoms with E-state index in [-0.39, 0.29) is 18.1 Å². The van der Waals surface area contributed by atoms with Gasteiger partial charge in [-0.15, -0.1) is 0 Å². The number of hydrogen-bond acceptors (Lipinski definition) is 5. The quantitative estimate of drug-likeness (QED) is 0.590. The Morgan fingerprint density at radius 1 is 1.24 bits per heavy atom. The Labute approximate surface area is 188 Å². The minimum absolute atomic E-state index is 0.172. The van der Waals surface area contributed by atoms with Gasteiger partial charge < -0.3 is 20.3 Å². The molecular weight excluding hydrogens is 435 g/mol. The van der Waals surface area contributed by atoms with Gasteiger partial charge in [-0.05, 0) is 38.0 Å². The summed E-state index contributed by atoms with van der Waals surface area (Å²) in [6.45, 7) is 2.49. The standard InChI is InChI=1S/C23H22F3N5O2/c1-12-14-4-3-5-18(15(14)6-8-27-12)29-22(32)28-13-7-9-31-19(10-13)16-11-17(23(24,25)26)21(33-2)30-20(16)31/h3-6,8,11,13,19H,7,9-10H2,1-2H3,(H2,28,29,32). The maximum Gasteiger partial charge on any atom is 0.421 e. The highest BCUT2D eigenvalue weighted by Crippen LogP contribution is 2.50. The first-order valence-corrected chi connectivity index (χ1v) is 10.6. The molecule has 0 radical (unpaired) electrons. The highest BCUT2D eigenvalue weighted by molar-refractivity contribution is 6.02. The fraction of sp³-hybridized carbons (Fsp3) is 0.348. The van der Waals surface area contributed by atoms with Crippen LogP contribution in [0.15, 0.2) is 36.5 Å². The topological polar surface area (TPSA) is 79.4 Å². The molecule has 2 aliphatic rings. The summed E-state index contributed by atoms with van der Waals surface area (Å²) < 4.78 is 45.0. The minimum Gasteiger partial charge on any atom is -0.481 e. The molecule has 2 atom stereocenters. The molecule has 2 N–H and O–H groups in total. The summed E-state index contributed by atoms with van der Waals surface area (Å²) in [6, 6.07) is 7.86. The molecule has 7 nitrogen and oxygen atoms in total. The van der Waals surface area contributed by atoms with Gasteiger partial charge in [0.15, 0.2) is 0 Å². The van der Waals surface area contributed by atoms with Crippen LogP contribution in [0.2, 0.25) is 0 Å². The first-order valence-electron chi connectivity index (χ1n) is 10.6. The van der Waals surface area contributed by atoms with Crippen molar-refractivity contribution < 1.29 is 22.7 Å². The number of methoxy groups -OCH3 is 1. The van der Waals surface area contributed by atoms with Crippen molar-refractivity contribution in [3.8, 4) is 5.88 Å². The maximum atomic E-state index is 13.4. The first-order chi connectivity index (χ1) is 15.8. The second kappa shape index (κ2) is 7.79. The van der Waals surface area contributed by atoms with E-state index in [2.05, 4.69) is 20.6 Å². The van der Waals surface area contributed by atoms with Crippen LogP contribution in [0.3, 0.4) is 0 Å². The van der Waals surface area contributed by atoms with Crippen LogP contribution in [0.25, 0.3) is 10.8 Å². The summed E-state index contributed by atoms with van der Waals surface area (Å²) in [5.41, 5.74) is 1.20. The van der Waals surface area contributed by atoms with Crippen molar-refractivity contribution in [2.75, 3.05) is 23.9 Å². The van der Waals surface area contributed by atoms with Crippen LogP contribution >= 0.6 is 0 Å². The number of piperidine rings is 1. The van der Waals surface area contributed by atoms with E-state index >= 15 is 0 Å². The van der Waals surface area contributed by atoms with Crippen LogP contribution in [0.5, 0.6) is 5.88 Å². The molecule has 0 saturated carbocycles. The second-order valence-electron chi connectivity index (χ2n) is 8.28. The number of carbonyl (C=O) groups is 1. The molecule has 4 heterocycles. The highest BCUT2D eigenvalue weighted by atomic mass is 19.4. The normalized spacial score (nSPS) is 19.4. The van der Waals surface area contributed by atoms with Crippen molar-refractivity contribution in [3.05, 3.63) is 53.3 Å². The van der Waals surface area contributed by atoms with Crippen LogP contribution < -0.4 is 20.3 Å². The van der Waals surface area contributed by atoms with E-state index in [0.717, 1.165) is 22.5 Å². The van der Waals surface area contributed by atoms with E-state index in [1.165, 1.54) is 7.11 Å². The number of benzene rings is 1. The van der Waals surface area contributed by atoms with Gasteiger partial charge in [0, 0.05) is 40.8 Å². The molecule has 5 rings (SSSR count). The molecule has 2 amide bonds. The summed E-state index contributed by atoms with van der Waals surface area (Å²) >= 11 is 0. The van der Waals surface area contributed by atoms with Gasteiger partial charge in [0.2, 0.25) is 5.88 Å². The third-order valence-corrected chi connectivity index (χ3v) is 6.32. The first kappa shape index (κ1) is 21.3. The third-order valence-electron chi connectivity index (χ3n) is 6.32. The van der Waals surface area contributed by atoms with Gasteiger partial charge in [-0.1, -0.05) is 12.1 Å². The second-order valence-corrected chi connectivity index (χ2v) is 8.28. The van der Waals surface area contributed by atoms with Gasteiger partial charge in [-0.2, -0.15) is 18.2 Å². The summed E-state index contributed by atoms with van der Waals surface area (Å²) in [6.07, 6.45) is -1.69. The molecule has 1 aromatic carbocycles. The molecule has 10 heteroatoms. The van der Waals surface area contributed by atoms with Crippen molar-refractivity contribution in [2.45, 2.75) is 38.0 Å². The molecule has 33 heavy (non-hydrogen) atoms. The number of rotatable bonds is 3. The van der Waals surface area contributed by atoms with E-state index in [4.69, 9.17) is 4.74 Å². The van der Waals surface area contributed by atoms with Gasteiger partial charge in [-0.3, -0.25) is 4.98 Å². The van der Waals surface area contributed by atoms with Gasteiger partial charge >= 0.3 is 12.2 Å². The van der Waals surface area contributed by atoms with E-state index in [9.17, 15) is 18.0 Å². The fourth-order valence-corrected chi connectivity index (χ4v) is 4.72. The van der Waals surface area contributed by atoms with Gasteiger partial charge in [0.05, 0.1) is 18.8 Å². The third kappa shape index (κ3) is 3.69. The number of pyridine rings is 2. The molecular formula is C23H22F3N5O2. The molecule has 0 aliphatic carbocycles. The van der Waals surface area contributed by atoms with Crippen molar-refractivity contribution in [1.29, 1.82) is 0 Å². The van der Waals surface area contributed by atoms with Crippen LogP contribution in [-0.4, -0.2) is 35.7 Å². The van der Waals surface area contributed by atoms with Crippen LogP contribution in [0.4, 0.5) is 29.5 Å². The van der Waals surface area contributed by atoms with Crippen LogP contribution in [-0.2, 0) is 6.18 Å². The Morgan fingerprint density at radius 3 is 2.82 bits per heavy atom. The van der Waals surface area contributed by atoms with Gasteiger partial charge in [0.1, 0.15) is 11.4 Å². The van der Waals surface area contributed by atoms with E-state index in [0.29, 0.717) is 36.5 Å². The highest BCUT2D eigenvalue weighted by Gasteiger charge is 2.45. The number of amides is 2. The fourth-order valence-electron chi connectivity index (χ4n) is 4.72. The number of aryl methyl sites for hydroxylation is 1. The van der Waals surface area contributed by atoms with Crippen molar-refractivity contribution in [1.82, 2.24) is 15.3 Å². The number of halogens is 3. The van der Waals surface area contributed by atoms with E-state index in [1.54, 1.807) is 6.20 Å². The number of nitrogens with zero attached hydrogens (tertiary/aromatic N) is 3. The number of aromatic nitrogens is 2. The summed E-state index contributed by atoms with van der Waals surface area (Å²) in [7, 11) is 1.18. The number of alkyl halides is 3. The minimum atomic E-state index is -4.55. The zero-order valence-electron chi connectivity index (χ0n) is 18.0. The monoisotopic (exact) mass is 457 g/mol. The average molecular weight is 457 g/mol. The maximum absolute atomic E-state index is 13.4. The number of ether oxygens (including phenoxy) is 1. The smallest absolute Gasteiger partial charge is 0.421 e. The van der Waals surface area contributed by atoms with Crippen molar-refractivity contribution >= 4 is 28.3 Å². The number of fused-ring (bicyclic) bond motifs is 5. The number of carbonyl (C=O) groups excluding carboxylic acids is 1. The molecule has 1 fully saturated rings. The summed E-state index contributed by atoms with van der Waals surface area (Å²) in [5, 5.41) is 7.72. The molecule has 2 aliphatic heterocycles. The Hall–Kier alpha value is -3.56. The lowest BCUT2D eigenvalue weighted by atomic mass is 9.85. The molecule has 3 aromatic rings. The van der Waals surface area contributed by atoms with Crippen LogP contribution in [0, 0.1) is 6.92 Å². The van der Waals surface area contributed by atoms with Crippen LogP contribution in [0.1, 0.15) is 35.7 Å². The van der Waals surface area contributed by atoms with E-state index in [1.807, 2.05) is 36.1 Å². The lowest BCUT2D eigenvalue weighted by molar-refractivity contribution is -0.139. The average Bonchev–Trinajstić information content (AvgIpc) is 2.77. The number of hydrogen-bond donors (Lipinski definition) is 2. The Morgan fingerprint density at radius 2 is 2.06 bits per heavy atom. The van der Waals surface area contributed by atoms with Gasteiger partial charge in [-0.25, -0.2) is 4.79 Å². The van der Waals surface area contributed by atoms with Crippen molar-refractivity contribution in [2.24, 2.45) is 0 Å². The van der Waals surface area contributed by atoms with E-state index < -0.39 is 17.6 Å². The zero-order valence-corrected chi connectivity index (χ0v) is 18.0. The SMILES string of the molecule is COc1nc2c(cc1C(F)(F)F)C1CC(NC(=O)Nc3cccc4c(C)nccc34)CCN21. The number of urea groups is 1. The molecule has 172 valence electrons. The molecule has 1 saturated heterocycles. The molecule has 2 unspecified atom stereocenters. The Kier molecular flexibility index (Phi) is 5.02. The predicted molar refractivity (Wildman–Crippen MR) is 118 cm³/mol. The lowest BCUT2D eigenvalue weighted by Crippen LogP contribution is -2.51. The number of nitrogens with one attached hydrogen (secondary N) is 2. The summed E-state index contributed by atoms with van der Waals surface area (Å²) in [5.74, 6) is 0.104. The van der Waals surface area contributed by atoms with Crippen molar-refractivity contribution in [3.63, 3.8) is 0 Å². The Bertz CT molecular complexity index is 1250. The lowest BCUT2D eigenvalue weighted by Gasteiger charge is -2.49. The molecule has 2 aromatic heterocycles. The van der Waals surface area contributed by atoms with Gasteiger partial charge in [0.25, 0.3) is 0 Å². The Balaban J connectivity index is 1.30. The number of anilines is 2. The molecule has 0 spiro atoms. The summed E-state index contributed by atoms with van der Waals surface area (Å²) in [4.78, 5) is 23.0.